The Hall–Kier alpha value is -2.04. The lowest BCUT2D eigenvalue weighted by Gasteiger charge is -2.30. The van der Waals surface area contributed by atoms with Gasteiger partial charge < -0.3 is 16.0 Å². The van der Waals surface area contributed by atoms with Crippen LogP contribution in [0.5, 0.6) is 0 Å². The Morgan fingerprint density at radius 3 is 2.67 bits per heavy atom. The van der Waals surface area contributed by atoms with Crippen LogP contribution in [0.3, 0.4) is 0 Å². The maximum Gasteiger partial charge on any atom is 0.312 e. The summed E-state index contributed by atoms with van der Waals surface area (Å²) in [6.45, 7) is 2.92. The van der Waals surface area contributed by atoms with Crippen molar-refractivity contribution in [2.24, 2.45) is 5.73 Å². The molecule has 0 unspecified atom stereocenters. The predicted octanol–water partition coefficient (Wildman–Crippen LogP) is 0.628. The number of carbonyl (C=O) groups excluding carboxylic acids is 2. The van der Waals surface area contributed by atoms with Crippen molar-refractivity contribution in [3.8, 4) is 0 Å². The van der Waals surface area contributed by atoms with E-state index in [0.29, 0.717) is 13.1 Å². The van der Waals surface area contributed by atoms with Crippen molar-refractivity contribution in [3.63, 3.8) is 0 Å². The molecular formula is C13H17N3O2. The lowest BCUT2D eigenvalue weighted by molar-refractivity contribution is -0.133. The number of nitrogens with two attached hydrogens (primary N) is 1. The van der Waals surface area contributed by atoms with Crippen LogP contribution in [0.2, 0.25) is 0 Å². The second-order valence-corrected chi connectivity index (χ2v) is 4.51. The number of hydrogen-bond acceptors (Lipinski definition) is 2. The largest absolute Gasteiger partial charge is 0.352 e. The summed E-state index contributed by atoms with van der Waals surface area (Å²) >= 11 is 0. The second kappa shape index (κ2) is 5.08. The molecule has 0 spiro atoms. The number of amides is 3. The highest BCUT2D eigenvalue weighted by Crippen LogP contribution is 2.18. The van der Waals surface area contributed by atoms with E-state index < -0.39 is 12.1 Å². The van der Waals surface area contributed by atoms with Gasteiger partial charge in [-0.25, -0.2) is 4.79 Å². The van der Waals surface area contributed by atoms with E-state index in [2.05, 4.69) is 11.4 Å². The van der Waals surface area contributed by atoms with Crippen LogP contribution in [-0.4, -0.2) is 29.4 Å². The van der Waals surface area contributed by atoms with Gasteiger partial charge in [0.15, 0.2) is 0 Å². The van der Waals surface area contributed by atoms with E-state index in [4.69, 9.17) is 5.73 Å². The number of urea groups is 1. The lowest BCUT2D eigenvalue weighted by atomic mass is 9.99. The Morgan fingerprint density at radius 1 is 1.33 bits per heavy atom. The van der Waals surface area contributed by atoms with Crippen LogP contribution >= 0.6 is 0 Å². The number of nitrogens with one attached hydrogen (secondary N) is 1. The van der Waals surface area contributed by atoms with Gasteiger partial charge in [0.05, 0.1) is 0 Å². The molecule has 1 atom stereocenters. The number of carbonyl (C=O) groups is 2. The molecule has 0 saturated heterocycles. The molecule has 1 aromatic rings. The van der Waals surface area contributed by atoms with Crippen LogP contribution in [0.15, 0.2) is 24.3 Å². The molecule has 1 heterocycles. The topological polar surface area (TPSA) is 75.4 Å². The average Bonchev–Trinajstić information content (AvgIpc) is 2.36. The standard InChI is InChI=1S/C13H17N3O2/c1-9(15-13(14)18)12(17)16-7-6-10-4-2-3-5-11(10)8-16/h2-5,9H,6-8H2,1H3,(H3,14,15,18)/t9-/m0/s1. The Balaban J connectivity index is 2.04. The van der Waals surface area contributed by atoms with Gasteiger partial charge in [-0.3, -0.25) is 4.79 Å². The number of primary amides is 1. The summed E-state index contributed by atoms with van der Waals surface area (Å²) in [7, 11) is 0. The van der Waals surface area contributed by atoms with Gasteiger partial charge in [0, 0.05) is 13.1 Å². The van der Waals surface area contributed by atoms with Crippen molar-refractivity contribution in [2.45, 2.75) is 25.9 Å². The zero-order chi connectivity index (χ0) is 13.1. The molecule has 0 fully saturated rings. The highest BCUT2D eigenvalue weighted by molar-refractivity contribution is 5.86. The first-order chi connectivity index (χ1) is 8.58. The van der Waals surface area contributed by atoms with Crippen molar-refractivity contribution in [3.05, 3.63) is 35.4 Å². The van der Waals surface area contributed by atoms with Crippen LogP contribution in [0, 0.1) is 0 Å². The molecule has 18 heavy (non-hydrogen) atoms. The molecule has 5 heteroatoms. The van der Waals surface area contributed by atoms with E-state index in [1.807, 2.05) is 18.2 Å². The molecule has 5 nitrogen and oxygen atoms in total. The summed E-state index contributed by atoms with van der Waals surface area (Å²) < 4.78 is 0. The first-order valence-electron chi connectivity index (χ1n) is 5.99. The number of benzene rings is 1. The van der Waals surface area contributed by atoms with Crippen LogP contribution in [0.25, 0.3) is 0 Å². The summed E-state index contributed by atoms with van der Waals surface area (Å²) in [6.07, 6.45) is 0.852. The molecule has 3 amide bonds. The van der Waals surface area contributed by atoms with Gasteiger partial charge in [-0.2, -0.15) is 0 Å². The molecule has 0 bridgehead atoms. The zero-order valence-corrected chi connectivity index (χ0v) is 10.3. The van der Waals surface area contributed by atoms with Crippen molar-refractivity contribution in [1.82, 2.24) is 10.2 Å². The van der Waals surface area contributed by atoms with E-state index in [9.17, 15) is 9.59 Å². The van der Waals surface area contributed by atoms with Crippen LogP contribution in [-0.2, 0) is 17.8 Å². The summed E-state index contributed by atoms with van der Waals surface area (Å²) in [5.41, 5.74) is 7.48. The van der Waals surface area contributed by atoms with Crippen molar-refractivity contribution in [2.75, 3.05) is 6.54 Å². The molecule has 3 N–H and O–H groups in total. The zero-order valence-electron chi connectivity index (χ0n) is 10.3. The van der Waals surface area contributed by atoms with Gasteiger partial charge in [-0.1, -0.05) is 24.3 Å². The summed E-state index contributed by atoms with van der Waals surface area (Å²) in [5, 5.41) is 2.41. The highest BCUT2D eigenvalue weighted by Gasteiger charge is 2.24. The summed E-state index contributed by atoms with van der Waals surface area (Å²) in [4.78, 5) is 24.6. The number of hydrogen-bond donors (Lipinski definition) is 2. The van der Waals surface area contributed by atoms with Gasteiger partial charge in [-0.05, 0) is 24.5 Å². The minimum atomic E-state index is -0.673. The molecule has 96 valence electrons. The monoisotopic (exact) mass is 247 g/mol. The van der Waals surface area contributed by atoms with Gasteiger partial charge in [0.1, 0.15) is 6.04 Å². The summed E-state index contributed by atoms with van der Waals surface area (Å²) in [6, 6.07) is 6.84. The van der Waals surface area contributed by atoms with Crippen LogP contribution in [0.4, 0.5) is 4.79 Å². The quantitative estimate of drug-likeness (QED) is 0.804. The third-order valence-corrected chi connectivity index (χ3v) is 3.17. The fourth-order valence-corrected chi connectivity index (χ4v) is 2.23. The van der Waals surface area contributed by atoms with Gasteiger partial charge in [0.2, 0.25) is 5.91 Å². The first kappa shape index (κ1) is 12.4. The van der Waals surface area contributed by atoms with E-state index in [-0.39, 0.29) is 5.91 Å². The summed E-state index contributed by atoms with van der Waals surface area (Å²) in [5.74, 6) is -0.0942. The molecule has 0 radical (unpaired) electrons. The molecule has 2 rings (SSSR count). The van der Waals surface area contributed by atoms with Crippen LogP contribution in [0.1, 0.15) is 18.1 Å². The minimum Gasteiger partial charge on any atom is -0.352 e. The smallest absolute Gasteiger partial charge is 0.312 e. The van der Waals surface area contributed by atoms with Gasteiger partial charge >= 0.3 is 6.03 Å². The molecule has 0 aromatic heterocycles. The Morgan fingerprint density at radius 2 is 2.00 bits per heavy atom. The SMILES string of the molecule is C[C@H](NC(N)=O)C(=O)N1CCc2ccccc2C1. The fraction of sp³-hybridized carbons (Fsp3) is 0.385. The normalized spacial score (nSPS) is 15.7. The molecule has 1 aliphatic rings. The maximum atomic E-state index is 12.1. The van der Waals surface area contributed by atoms with Gasteiger partial charge in [0.25, 0.3) is 0 Å². The third kappa shape index (κ3) is 2.61. The van der Waals surface area contributed by atoms with Crippen LogP contribution < -0.4 is 11.1 Å². The molecule has 1 aliphatic heterocycles. The Kier molecular flexibility index (Phi) is 3.50. The Bertz CT molecular complexity index is 473. The van der Waals surface area contributed by atoms with Crippen molar-refractivity contribution >= 4 is 11.9 Å². The van der Waals surface area contributed by atoms with Gasteiger partial charge in [-0.15, -0.1) is 0 Å². The molecular weight excluding hydrogens is 230 g/mol. The Labute approximate surface area is 106 Å². The van der Waals surface area contributed by atoms with Crippen molar-refractivity contribution in [1.29, 1.82) is 0 Å². The molecule has 0 saturated carbocycles. The van der Waals surface area contributed by atoms with Crippen molar-refractivity contribution < 1.29 is 9.59 Å². The second-order valence-electron chi connectivity index (χ2n) is 4.51. The average molecular weight is 247 g/mol. The third-order valence-electron chi connectivity index (χ3n) is 3.17. The van der Waals surface area contributed by atoms with E-state index in [0.717, 1.165) is 6.42 Å². The minimum absolute atomic E-state index is 0.0942. The highest BCUT2D eigenvalue weighted by atomic mass is 16.2. The molecule has 0 aliphatic carbocycles. The van der Waals surface area contributed by atoms with E-state index >= 15 is 0 Å². The first-order valence-corrected chi connectivity index (χ1v) is 5.99. The predicted molar refractivity (Wildman–Crippen MR) is 67.7 cm³/mol. The molecule has 1 aromatic carbocycles. The van der Waals surface area contributed by atoms with E-state index in [1.54, 1.807) is 11.8 Å². The number of nitrogens with zero attached hydrogens (tertiary/aromatic N) is 1. The number of fused-ring (bicyclic) bond motifs is 1. The van der Waals surface area contributed by atoms with E-state index in [1.165, 1.54) is 11.1 Å². The fourth-order valence-electron chi connectivity index (χ4n) is 2.23. The number of rotatable bonds is 2. The maximum absolute atomic E-state index is 12.1. The lowest BCUT2D eigenvalue weighted by Crippen LogP contribution is -2.49.